The van der Waals surface area contributed by atoms with Crippen LogP contribution < -0.4 is 5.32 Å². The molecule has 1 fully saturated rings. The number of halogens is 1. The summed E-state index contributed by atoms with van der Waals surface area (Å²) in [6, 6.07) is 7.74. The van der Waals surface area contributed by atoms with Crippen LogP contribution >= 0.6 is 0 Å². The zero-order valence-corrected chi connectivity index (χ0v) is 10.7. The average Bonchev–Trinajstić information content (AvgIpc) is 2.29. The fraction of sp³-hybridized carbons (Fsp3) is 0.600. The van der Waals surface area contributed by atoms with Crippen LogP contribution in [-0.4, -0.2) is 6.04 Å². The maximum absolute atomic E-state index is 13.1. The van der Waals surface area contributed by atoms with Gasteiger partial charge >= 0.3 is 0 Å². The van der Waals surface area contributed by atoms with Crippen molar-refractivity contribution in [3.05, 3.63) is 35.6 Å². The summed E-state index contributed by atoms with van der Waals surface area (Å²) < 4.78 is 13.1. The van der Waals surface area contributed by atoms with Crippen LogP contribution in [0.25, 0.3) is 0 Å². The fourth-order valence-electron chi connectivity index (χ4n) is 2.81. The van der Waals surface area contributed by atoms with Crippen LogP contribution in [-0.2, 0) is 0 Å². The van der Waals surface area contributed by atoms with Gasteiger partial charge in [0.1, 0.15) is 5.82 Å². The largest absolute Gasteiger partial charge is 0.307 e. The van der Waals surface area contributed by atoms with Crippen LogP contribution in [0.4, 0.5) is 4.39 Å². The Morgan fingerprint density at radius 3 is 2.88 bits per heavy atom. The standard InChI is InChI=1S/C15H22FN/c1-11-5-3-8-15(9-11)17-12(2)13-6-4-7-14(16)10-13/h4,6-7,10-12,15,17H,3,5,8-9H2,1-2H3. The van der Waals surface area contributed by atoms with Crippen molar-refractivity contribution >= 4 is 0 Å². The molecule has 3 atom stereocenters. The molecule has 1 aromatic rings. The van der Waals surface area contributed by atoms with Gasteiger partial charge in [0.2, 0.25) is 0 Å². The molecule has 1 N–H and O–H groups in total. The van der Waals surface area contributed by atoms with E-state index in [1.54, 1.807) is 12.1 Å². The highest BCUT2D eigenvalue weighted by molar-refractivity contribution is 5.19. The van der Waals surface area contributed by atoms with Crippen molar-refractivity contribution in [1.82, 2.24) is 5.32 Å². The maximum atomic E-state index is 13.1. The smallest absolute Gasteiger partial charge is 0.123 e. The van der Waals surface area contributed by atoms with Crippen molar-refractivity contribution in [3.63, 3.8) is 0 Å². The van der Waals surface area contributed by atoms with Crippen LogP contribution in [0.1, 0.15) is 51.1 Å². The number of nitrogens with one attached hydrogen (secondary N) is 1. The Morgan fingerprint density at radius 1 is 1.35 bits per heavy atom. The molecular formula is C15H22FN. The molecule has 0 heterocycles. The Bertz CT molecular complexity index is 364. The molecule has 0 spiro atoms. The average molecular weight is 235 g/mol. The molecule has 0 bridgehead atoms. The lowest BCUT2D eigenvalue weighted by molar-refractivity contribution is 0.285. The summed E-state index contributed by atoms with van der Waals surface area (Å²) in [6.07, 6.45) is 5.17. The van der Waals surface area contributed by atoms with Crippen LogP contribution in [0.3, 0.4) is 0 Å². The molecule has 94 valence electrons. The minimum Gasteiger partial charge on any atom is -0.307 e. The molecule has 0 radical (unpaired) electrons. The SMILES string of the molecule is CC1CCCC(NC(C)c2cccc(F)c2)C1. The molecule has 1 aliphatic rings. The van der Waals surface area contributed by atoms with E-state index in [2.05, 4.69) is 19.2 Å². The van der Waals surface area contributed by atoms with E-state index < -0.39 is 0 Å². The van der Waals surface area contributed by atoms with E-state index in [1.807, 2.05) is 6.07 Å². The van der Waals surface area contributed by atoms with E-state index in [1.165, 1.54) is 31.7 Å². The van der Waals surface area contributed by atoms with Gasteiger partial charge in [0.15, 0.2) is 0 Å². The summed E-state index contributed by atoms with van der Waals surface area (Å²) in [5.74, 6) is 0.675. The van der Waals surface area contributed by atoms with E-state index >= 15 is 0 Å². The second-order valence-electron chi connectivity index (χ2n) is 5.41. The Balaban J connectivity index is 1.94. The quantitative estimate of drug-likeness (QED) is 0.833. The Kier molecular flexibility index (Phi) is 4.16. The van der Waals surface area contributed by atoms with Gasteiger partial charge in [0, 0.05) is 12.1 Å². The van der Waals surface area contributed by atoms with Gasteiger partial charge in [-0.25, -0.2) is 4.39 Å². The molecule has 3 unspecified atom stereocenters. The molecule has 1 nitrogen and oxygen atoms in total. The second-order valence-corrected chi connectivity index (χ2v) is 5.41. The molecule has 0 aromatic heterocycles. The summed E-state index contributed by atoms with van der Waals surface area (Å²) in [5.41, 5.74) is 1.04. The van der Waals surface area contributed by atoms with Gasteiger partial charge in [-0.05, 0) is 43.4 Å². The van der Waals surface area contributed by atoms with Gasteiger partial charge in [-0.3, -0.25) is 0 Å². The van der Waals surface area contributed by atoms with Crippen molar-refractivity contribution in [3.8, 4) is 0 Å². The lowest BCUT2D eigenvalue weighted by Gasteiger charge is -2.30. The van der Waals surface area contributed by atoms with Crippen LogP contribution in [0, 0.1) is 11.7 Å². The number of benzene rings is 1. The minimum atomic E-state index is -0.145. The molecule has 1 saturated carbocycles. The fourth-order valence-corrected chi connectivity index (χ4v) is 2.81. The molecule has 0 aliphatic heterocycles. The summed E-state index contributed by atoms with van der Waals surface area (Å²) >= 11 is 0. The Morgan fingerprint density at radius 2 is 2.18 bits per heavy atom. The molecular weight excluding hydrogens is 213 g/mol. The van der Waals surface area contributed by atoms with Crippen LogP contribution in [0.2, 0.25) is 0 Å². The zero-order valence-electron chi connectivity index (χ0n) is 10.7. The molecule has 0 amide bonds. The van der Waals surface area contributed by atoms with Crippen LogP contribution in [0.5, 0.6) is 0 Å². The van der Waals surface area contributed by atoms with E-state index in [9.17, 15) is 4.39 Å². The van der Waals surface area contributed by atoms with Crippen molar-refractivity contribution in [2.24, 2.45) is 5.92 Å². The predicted octanol–water partition coefficient (Wildman–Crippen LogP) is 4.06. The highest BCUT2D eigenvalue weighted by Crippen LogP contribution is 2.25. The molecule has 2 heteroatoms. The summed E-state index contributed by atoms with van der Waals surface area (Å²) in [5, 5.41) is 3.63. The summed E-state index contributed by atoms with van der Waals surface area (Å²) in [6.45, 7) is 4.44. The first kappa shape index (κ1) is 12.6. The molecule has 1 aromatic carbocycles. The zero-order chi connectivity index (χ0) is 12.3. The molecule has 0 saturated heterocycles. The predicted molar refractivity (Wildman–Crippen MR) is 69.4 cm³/mol. The van der Waals surface area contributed by atoms with Gasteiger partial charge in [-0.15, -0.1) is 0 Å². The van der Waals surface area contributed by atoms with Crippen molar-refractivity contribution in [2.45, 2.75) is 51.6 Å². The van der Waals surface area contributed by atoms with E-state index in [4.69, 9.17) is 0 Å². The monoisotopic (exact) mass is 235 g/mol. The first-order valence-electron chi connectivity index (χ1n) is 6.66. The first-order valence-corrected chi connectivity index (χ1v) is 6.66. The van der Waals surface area contributed by atoms with Crippen molar-refractivity contribution in [1.29, 1.82) is 0 Å². The molecule has 17 heavy (non-hydrogen) atoms. The van der Waals surface area contributed by atoms with Gasteiger partial charge in [0.25, 0.3) is 0 Å². The third-order valence-electron chi connectivity index (χ3n) is 3.77. The highest BCUT2D eigenvalue weighted by Gasteiger charge is 2.20. The normalized spacial score (nSPS) is 26.8. The van der Waals surface area contributed by atoms with Crippen molar-refractivity contribution in [2.75, 3.05) is 0 Å². The highest BCUT2D eigenvalue weighted by atomic mass is 19.1. The van der Waals surface area contributed by atoms with E-state index in [0.717, 1.165) is 11.5 Å². The first-order chi connectivity index (χ1) is 8.15. The minimum absolute atomic E-state index is 0.145. The van der Waals surface area contributed by atoms with Gasteiger partial charge in [-0.2, -0.15) is 0 Å². The number of hydrogen-bond donors (Lipinski definition) is 1. The lowest BCUT2D eigenvalue weighted by Crippen LogP contribution is -2.35. The third kappa shape index (κ3) is 3.53. The molecule has 2 rings (SSSR count). The van der Waals surface area contributed by atoms with Gasteiger partial charge in [-0.1, -0.05) is 31.9 Å². The van der Waals surface area contributed by atoms with E-state index in [0.29, 0.717) is 6.04 Å². The van der Waals surface area contributed by atoms with Crippen molar-refractivity contribution < 1.29 is 4.39 Å². The van der Waals surface area contributed by atoms with E-state index in [-0.39, 0.29) is 11.9 Å². The third-order valence-corrected chi connectivity index (χ3v) is 3.77. The Labute approximate surface area is 103 Å². The summed E-state index contributed by atoms with van der Waals surface area (Å²) in [4.78, 5) is 0. The summed E-state index contributed by atoms with van der Waals surface area (Å²) in [7, 11) is 0. The number of hydrogen-bond acceptors (Lipinski definition) is 1. The van der Waals surface area contributed by atoms with Gasteiger partial charge < -0.3 is 5.32 Å². The van der Waals surface area contributed by atoms with Gasteiger partial charge in [0.05, 0.1) is 0 Å². The lowest BCUT2D eigenvalue weighted by atomic mass is 9.86. The van der Waals surface area contributed by atoms with Crippen LogP contribution in [0.15, 0.2) is 24.3 Å². The Hall–Kier alpha value is -0.890. The topological polar surface area (TPSA) is 12.0 Å². The molecule has 1 aliphatic carbocycles. The second kappa shape index (κ2) is 5.63. The number of rotatable bonds is 3. The maximum Gasteiger partial charge on any atom is 0.123 e.